The zero-order valence-electron chi connectivity index (χ0n) is 11.4. The maximum Gasteiger partial charge on any atom is 0.318 e. The van der Waals surface area contributed by atoms with E-state index in [1.165, 1.54) is 0 Å². The normalized spacial score (nSPS) is 10.7. The predicted molar refractivity (Wildman–Crippen MR) is 83.0 cm³/mol. The maximum atomic E-state index is 11.4. The van der Waals surface area contributed by atoms with Crippen molar-refractivity contribution in [2.24, 2.45) is 0 Å². The van der Waals surface area contributed by atoms with E-state index < -0.39 is 4.92 Å². The maximum absolute atomic E-state index is 11.4. The third-order valence-electron chi connectivity index (χ3n) is 3.41. The number of benzene rings is 2. The summed E-state index contributed by atoms with van der Waals surface area (Å²) in [6.45, 7) is 1.96. The van der Waals surface area contributed by atoms with Crippen LogP contribution in [0.3, 0.4) is 0 Å². The highest BCUT2D eigenvalue weighted by atomic mass is 16.6. The summed E-state index contributed by atoms with van der Waals surface area (Å²) in [6, 6.07) is 14.6. The topological polar surface area (TPSA) is 82.0 Å². The number of aromatic nitrogens is 1. The number of para-hydroxylation sites is 1. The molecule has 5 nitrogen and oxygen atoms in total. The first-order valence-corrected chi connectivity index (χ1v) is 6.47. The molecule has 1 aromatic heterocycles. The number of nitro groups is 1. The fraction of sp³-hybridized carbons (Fsp3) is 0.0625. The van der Waals surface area contributed by atoms with Crippen LogP contribution in [0.4, 0.5) is 11.4 Å². The molecule has 1 heterocycles. The Hall–Kier alpha value is -2.95. The molecule has 0 aliphatic carbocycles. The van der Waals surface area contributed by atoms with Crippen LogP contribution in [0.2, 0.25) is 0 Å². The summed E-state index contributed by atoms with van der Waals surface area (Å²) in [5.74, 6) is 0. The second-order valence-corrected chi connectivity index (χ2v) is 4.86. The summed E-state index contributed by atoms with van der Waals surface area (Å²) < 4.78 is 0. The van der Waals surface area contributed by atoms with Crippen LogP contribution < -0.4 is 5.73 Å². The minimum Gasteiger partial charge on any atom is -0.393 e. The highest BCUT2D eigenvalue weighted by molar-refractivity contribution is 5.99. The van der Waals surface area contributed by atoms with E-state index in [1.807, 2.05) is 37.3 Å². The lowest BCUT2D eigenvalue weighted by molar-refractivity contribution is -0.383. The van der Waals surface area contributed by atoms with Gasteiger partial charge in [0, 0.05) is 10.9 Å². The van der Waals surface area contributed by atoms with Crippen LogP contribution in [0, 0.1) is 17.0 Å². The minimum absolute atomic E-state index is 0.141. The molecular weight excluding hydrogens is 266 g/mol. The van der Waals surface area contributed by atoms with Gasteiger partial charge in [-0.3, -0.25) is 10.1 Å². The quantitative estimate of drug-likeness (QED) is 0.572. The predicted octanol–water partition coefficient (Wildman–Crippen LogP) is 3.70. The number of hydrogen-bond donors (Lipinski definition) is 1. The number of aryl methyl sites for hydroxylation is 1. The number of nitrogen functional groups attached to an aromatic ring is 1. The van der Waals surface area contributed by atoms with E-state index in [0.717, 1.165) is 5.56 Å². The van der Waals surface area contributed by atoms with Gasteiger partial charge in [0.1, 0.15) is 5.69 Å². The van der Waals surface area contributed by atoms with Gasteiger partial charge in [0.25, 0.3) is 0 Å². The van der Waals surface area contributed by atoms with Crippen molar-refractivity contribution in [3.63, 3.8) is 0 Å². The van der Waals surface area contributed by atoms with Crippen LogP contribution in [0.1, 0.15) is 5.56 Å². The number of nitrogens with two attached hydrogens (primary N) is 1. The molecule has 5 heteroatoms. The SMILES string of the molecule is Cc1ccc(-c2nc3ccccc3c(N)c2[N+](=O)[O-])cc1. The lowest BCUT2D eigenvalue weighted by Gasteiger charge is -2.08. The Morgan fingerprint density at radius 2 is 1.76 bits per heavy atom. The number of hydrogen-bond acceptors (Lipinski definition) is 4. The molecule has 21 heavy (non-hydrogen) atoms. The molecule has 0 amide bonds. The van der Waals surface area contributed by atoms with Gasteiger partial charge in [-0.2, -0.15) is 0 Å². The molecule has 0 saturated heterocycles. The van der Waals surface area contributed by atoms with Crippen LogP contribution in [0.5, 0.6) is 0 Å². The van der Waals surface area contributed by atoms with Crippen molar-refractivity contribution in [3.05, 3.63) is 64.2 Å². The van der Waals surface area contributed by atoms with Crippen molar-refractivity contribution in [3.8, 4) is 11.3 Å². The van der Waals surface area contributed by atoms with Crippen molar-refractivity contribution in [1.29, 1.82) is 0 Å². The first-order valence-electron chi connectivity index (χ1n) is 6.47. The van der Waals surface area contributed by atoms with E-state index >= 15 is 0 Å². The van der Waals surface area contributed by atoms with Crippen LogP contribution in [0.15, 0.2) is 48.5 Å². The van der Waals surface area contributed by atoms with E-state index in [4.69, 9.17) is 5.73 Å². The summed E-state index contributed by atoms with van der Waals surface area (Å²) in [7, 11) is 0. The van der Waals surface area contributed by atoms with Crippen molar-refractivity contribution in [2.75, 3.05) is 5.73 Å². The minimum atomic E-state index is -0.468. The van der Waals surface area contributed by atoms with E-state index in [0.29, 0.717) is 22.2 Å². The van der Waals surface area contributed by atoms with Crippen molar-refractivity contribution in [1.82, 2.24) is 4.98 Å². The average molecular weight is 279 g/mol. The third kappa shape index (κ3) is 2.18. The van der Waals surface area contributed by atoms with Gasteiger partial charge >= 0.3 is 5.69 Å². The van der Waals surface area contributed by atoms with Gasteiger partial charge in [0.05, 0.1) is 10.4 Å². The molecule has 0 bridgehead atoms. The molecule has 104 valence electrons. The van der Waals surface area contributed by atoms with E-state index in [-0.39, 0.29) is 11.4 Å². The Morgan fingerprint density at radius 3 is 2.43 bits per heavy atom. The molecule has 0 unspecified atom stereocenters. The van der Waals surface area contributed by atoms with Gasteiger partial charge in [-0.15, -0.1) is 0 Å². The number of fused-ring (bicyclic) bond motifs is 1. The first kappa shape index (κ1) is 13.1. The molecule has 0 aliphatic heterocycles. The van der Waals surface area contributed by atoms with Crippen LogP contribution in [-0.2, 0) is 0 Å². The van der Waals surface area contributed by atoms with Crippen molar-refractivity contribution >= 4 is 22.3 Å². The van der Waals surface area contributed by atoms with Gasteiger partial charge in [-0.05, 0) is 13.0 Å². The number of pyridine rings is 1. The summed E-state index contributed by atoms with van der Waals surface area (Å²) in [5, 5.41) is 12.0. The second-order valence-electron chi connectivity index (χ2n) is 4.86. The summed E-state index contributed by atoms with van der Waals surface area (Å²) in [5.41, 5.74) is 8.73. The number of nitrogens with zero attached hydrogens (tertiary/aromatic N) is 2. The lowest BCUT2D eigenvalue weighted by Crippen LogP contribution is -2.02. The molecule has 0 fully saturated rings. The molecule has 0 atom stereocenters. The van der Waals surface area contributed by atoms with Gasteiger partial charge in [0.2, 0.25) is 0 Å². The molecule has 2 aromatic carbocycles. The third-order valence-corrected chi connectivity index (χ3v) is 3.41. The van der Waals surface area contributed by atoms with Gasteiger partial charge in [-0.1, -0.05) is 48.0 Å². The molecule has 0 aliphatic rings. The summed E-state index contributed by atoms with van der Waals surface area (Å²) in [4.78, 5) is 15.4. The molecule has 3 rings (SSSR count). The largest absolute Gasteiger partial charge is 0.393 e. The summed E-state index contributed by atoms with van der Waals surface area (Å²) in [6.07, 6.45) is 0. The fourth-order valence-electron chi connectivity index (χ4n) is 2.32. The van der Waals surface area contributed by atoms with Gasteiger partial charge in [0.15, 0.2) is 5.69 Å². The van der Waals surface area contributed by atoms with Gasteiger partial charge in [-0.25, -0.2) is 4.98 Å². The standard InChI is InChI=1S/C16H13N3O2/c1-10-6-8-11(9-7-10)15-16(19(20)21)14(17)12-4-2-3-5-13(12)18-15/h2-9H,1H3,(H2,17,18). The zero-order chi connectivity index (χ0) is 15.0. The molecule has 0 saturated carbocycles. The lowest BCUT2D eigenvalue weighted by atomic mass is 10.0. The smallest absolute Gasteiger partial charge is 0.318 e. The monoisotopic (exact) mass is 279 g/mol. The zero-order valence-corrected chi connectivity index (χ0v) is 11.4. The first-order chi connectivity index (χ1) is 10.1. The van der Waals surface area contributed by atoms with Crippen molar-refractivity contribution < 1.29 is 4.92 Å². The molecular formula is C16H13N3O2. The van der Waals surface area contributed by atoms with Crippen LogP contribution in [0.25, 0.3) is 22.2 Å². The summed E-state index contributed by atoms with van der Waals surface area (Å²) >= 11 is 0. The van der Waals surface area contributed by atoms with Crippen LogP contribution >= 0.6 is 0 Å². The van der Waals surface area contributed by atoms with Crippen molar-refractivity contribution in [2.45, 2.75) is 6.92 Å². The van der Waals surface area contributed by atoms with Gasteiger partial charge < -0.3 is 5.73 Å². The van der Waals surface area contributed by atoms with E-state index in [1.54, 1.807) is 18.2 Å². The average Bonchev–Trinajstić information content (AvgIpc) is 2.47. The number of anilines is 1. The Morgan fingerprint density at radius 1 is 1.10 bits per heavy atom. The Balaban J connectivity index is 2.37. The number of rotatable bonds is 2. The van der Waals surface area contributed by atoms with E-state index in [2.05, 4.69) is 4.98 Å². The van der Waals surface area contributed by atoms with Crippen LogP contribution in [-0.4, -0.2) is 9.91 Å². The van der Waals surface area contributed by atoms with E-state index in [9.17, 15) is 10.1 Å². The highest BCUT2D eigenvalue weighted by Crippen LogP contribution is 2.37. The molecule has 0 spiro atoms. The Bertz CT molecular complexity index is 842. The Kier molecular flexibility index (Phi) is 3.02. The highest BCUT2D eigenvalue weighted by Gasteiger charge is 2.23. The fourth-order valence-corrected chi connectivity index (χ4v) is 2.32. The molecule has 2 N–H and O–H groups in total. The Labute approximate surface area is 121 Å². The molecule has 3 aromatic rings. The molecule has 0 radical (unpaired) electrons. The second kappa shape index (κ2) is 4.86.